The van der Waals surface area contributed by atoms with Crippen LogP contribution in [0, 0.1) is 0 Å². The lowest BCUT2D eigenvalue weighted by Gasteiger charge is -2.17. The van der Waals surface area contributed by atoms with E-state index < -0.39 is 0 Å². The SMILES string of the molecule is C=C(C)CN(C)C(=O)c1cc2ccccc2c(Cl)n1. The van der Waals surface area contributed by atoms with Crippen molar-refractivity contribution in [1.29, 1.82) is 0 Å². The number of nitrogens with zero attached hydrogens (tertiary/aromatic N) is 2. The second kappa shape index (κ2) is 5.41. The van der Waals surface area contributed by atoms with Gasteiger partial charge >= 0.3 is 0 Å². The van der Waals surface area contributed by atoms with Crippen molar-refractivity contribution in [2.45, 2.75) is 6.92 Å². The number of aromatic nitrogens is 1. The molecule has 3 nitrogen and oxygen atoms in total. The maximum Gasteiger partial charge on any atom is 0.272 e. The number of carbonyl (C=O) groups excluding carboxylic acids is 1. The Morgan fingerprint density at radius 1 is 1.42 bits per heavy atom. The fourth-order valence-corrected chi connectivity index (χ4v) is 2.20. The van der Waals surface area contributed by atoms with E-state index >= 15 is 0 Å². The van der Waals surface area contributed by atoms with Crippen molar-refractivity contribution in [2.24, 2.45) is 0 Å². The molecule has 98 valence electrons. The first-order valence-electron chi connectivity index (χ1n) is 5.94. The van der Waals surface area contributed by atoms with Gasteiger partial charge in [0.25, 0.3) is 5.91 Å². The Labute approximate surface area is 117 Å². The molecule has 0 aliphatic carbocycles. The number of pyridine rings is 1. The molecule has 19 heavy (non-hydrogen) atoms. The molecule has 0 aliphatic heterocycles. The lowest BCUT2D eigenvalue weighted by atomic mass is 10.1. The molecule has 0 aliphatic rings. The summed E-state index contributed by atoms with van der Waals surface area (Å²) in [7, 11) is 1.72. The smallest absolute Gasteiger partial charge is 0.272 e. The number of carbonyl (C=O) groups is 1. The number of halogens is 1. The Balaban J connectivity index is 2.40. The van der Waals surface area contributed by atoms with Gasteiger partial charge in [-0.3, -0.25) is 4.79 Å². The lowest BCUT2D eigenvalue weighted by molar-refractivity contribution is 0.0801. The Morgan fingerprint density at radius 2 is 2.11 bits per heavy atom. The number of amides is 1. The molecule has 1 aromatic heterocycles. The van der Waals surface area contributed by atoms with E-state index in [0.29, 0.717) is 17.4 Å². The number of likely N-dealkylation sites (N-methyl/N-ethyl adjacent to an activating group) is 1. The molecule has 0 atom stereocenters. The molecule has 0 N–H and O–H groups in total. The van der Waals surface area contributed by atoms with Gasteiger partial charge in [-0.15, -0.1) is 0 Å². The van der Waals surface area contributed by atoms with Crippen LogP contribution in [0.25, 0.3) is 10.8 Å². The molecule has 1 aromatic carbocycles. The normalized spacial score (nSPS) is 10.5. The van der Waals surface area contributed by atoms with Crippen LogP contribution in [-0.2, 0) is 0 Å². The third kappa shape index (κ3) is 2.93. The highest BCUT2D eigenvalue weighted by Crippen LogP contribution is 2.22. The zero-order valence-corrected chi connectivity index (χ0v) is 11.7. The van der Waals surface area contributed by atoms with Gasteiger partial charge in [-0.05, 0) is 18.4 Å². The van der Waals surface area contributed by atoms with Gasteiger partial charge in [0.15, 0.2) is 0 Å². The Morgan fingerprint density at radius 3 is 2.79 bits per heavy atom. The zero-order chi connectivity index (χ0) is 14.0. The predicted molar refractivity (Wildman–Crippen MR) is 78.5 cm³/mol. The van der Waals surface area contributed by atoms with Crippen LogP contribution < -0.4 is 0 Å². The first-order valence-corrected chi connectivity index (χ1v) is 6.32. The molecule has 0 spiro atoms. The second-order valence-corrected chi connectivity index (χ2v) is 5.00. The van der Waals surface area contributed by atoms with Crippen molar-refractivity contribution >= 4 is 28.3 Å². The van der Waals surface area contributed by atoms with E-state index in [2.05, 4.69) is 11.6 Å². The third-order valence-corrected chi connectivity index (χ3v) is 3.05. The number of benzene rings is 1. The summed E-state index contributed by atoms with van der Waals surface area (Å²) in [4.78, 5) is 18.0. The third-order valence-electron chi connectivity index (χ3n) is 2.77. The molecule has 0 bridgehead atoms. The highest BCUT2D eigenvalue weighted by atomic mass is 35.5. The van der Waals surface area contributed by atoms with Crippen molar-refractivity contribution in [3.8, 4) is 0 Å². The molecule has 1 heterocycles. The van der Waals surface area contributed by atoms with Gasteiger partial charge in [-0.1, -0.05) is 48.0 Å². The van der Waals surface area contributed by atoms with E-state index in [1.807, 2.05) is 31.2 Å². The van der Waals surface area contributed by atoms with Gasteiger partial charge in [0.2, 0.25) is 0 Å². The van der Waals surface area contributed by atoms with Crippen molar-refractivity contribution in [3.05, 3.63) is 53.3 Å². The minimum absolute atomic E-state index is 0.157. The summed E-state index contributed by atoms with van der Waals surface area (Å²) in [5.41, 5.74) is 1.27. The Hall–Kier alpha value is -1.87. The van der Waals surface area contributed by atoms with Crippen molar-refractivity contribution < 1.29 is 4.79 Å². The maximum atomic E-state index is 12.2. The second-order valence-electron chi connectivity index (χ2n) is 4.64. The van der Waals surface area contributed by atoms with Crippen LogP contribution >= 0.6 is 11.6 Å². The number of hydrogen-bond acceptors (Lipinski definition) is 2. The summed E-state index contributed by atoms with van der Waals surface area (Å²) in [5.74, 6) is -0.157. The molecule has 0 saturated heterocycles. The molecule has 0 unspecified atom stereocenters. The topological polar surface area (TPSA) is 33.2 Å². The van der Waals surface area contributed by atoms with Crippen molar-refractivity contribution in [1.82, 2.24) is 9.88 Å². The Bertz CT molecular complexity index is 652. The van der Waals surface area contributed by atoms with Crippen LogP contribution in [0.5, 0.6) is 0 Å². The van der Waals surface area contributed by atoms with E-state index in [-0.39, 0.29) is 5.91 Å². The monoisotopic (exact) mass is 274 g/mol. The minimum Gasteiger partial charge on any atom is -0.336 e. The van der Waals surface area contributed by atoms with E-state index in [9.17, 15) is 4.79 Å². The van der Waals surface area contributed by atoms with E-state index in [0.717, 1.165) is 16.3 Å². The van der Waals surface area contributed by atoms with E-state index in [4.69, 9.17) is 11.6 Å². The average Bonchev–Trinajstić information content (AvgIpc) is 2.37. The van der Waals surface area contributed by atoms with E-state index in [1.165, 1.54) is 0 Å². The van der Waals surface area contributed by atoms with Gasteiger partial charge in [0, 0.05) is 19.0 Å². The molecule has 1 amide bonds. The maximum absolute atomic E-state index is 12.2. The van der Waals surface area contributed by atoms with Crippen LogP contribution in [0.3, 0.4) is 0 Å². The number of rotatable bonds is 3. The number of hydrogen-bond donors (Lipinski definition) is 0. The van der Waals surface area contributed by atoms with Crippen LogP contribution in [0.15, 0.2) is 42.5 Å². The molecular weight excluding hydrogens is 260 g/mol. The Kier molecular flexibility index (Phi) is 3.86. The molecule has 0 saturated carbocycles. The molecular formula is C15H15ClN2O. The molecule has 4 heteroatoms. The highest BCUT2D eigenvalue weighted by Gasteiger charge is 2.15. The first-order chi connectivity index (χ1) is 8.99. The van der Waals surface area contributed by atoms with Crippen LogP contribution in [0.4, 0.5) is 0 Å². The van der Waals surface area contributed by atoms with E-state index in [1.54, 1.807) is 18.0 Å². The van der Waals surface area contributed by atoms with Gasteiger partial charge in [0.05, 0.1) is 0 Å². The minimum atomic E-state index is -0.157. The molecule has 2 aromatic rings. The fourth-order valence-electron chi connectivity index (χ4n) is 1.94. The van der Waals surface area contributed by atoms with Gasteiger partial charge in [-0.2, -0.15) is 0 Å². The quantitative estimate of drug-likeness (QED) is 0.634. The predicted octanol–water partition coefficient (Wildman–Crippen LogP) is 3.54. The van der Waals surface area contributed by atoms with Gasteiger partial charge in [-0.25, -0.2) is 4.98 Å². The molecule has 2 rings (SSSR count). The van der Waals surface area contributed by atoms with Gasteiger partial charge < -0.3 is 4.90 Å². The largest absolute Gasteiger partial charge is 0.336 e. The van der Waals surface area contributed by atoms with Crippen molar-refractivity contribution in [3.63, 3.8) is 0 Å². The summed E-state index contributed by atoms with van der Waals surface area (Å²) in [6.07, 6.45) is 0. The average molecular weight is 275 g/mol. The summed E-state index contributed by atoms with van der Waals surface area (Å²) >= 11 is 6.12. The summed E-state index contributed by atoms with van der Waals surface area (Å²) in [6, 6.07) is 9.36. The fraction of sp³-hybridized carbons (Fsp3) is 0.200. The summed E-state index contributed by atoms with van der Waals surface area (Å²) in [6.45, 7) is 6.18. The zero-order valence-electron chi connectivity index (χ0n) is 11.0. The summed E-state index contributed by atoms with van der Waals surface area (Å²) < 4.78 is 0. The highest BCUT2D eigenvalue weighted by molar-refractivity contribution is 6.34. The lowest BCUT2D eigenvalue weighted by Crippen LogP contribution is -2.28. The van der Waals surface area contributed by atoms with Crippen LogP contribution in [0.1, 0.15) is 17.4 Å². The summed E-state index contributed by atoms with van der Waals surface area (Å²) in [5, 5.41) is 2.11. The standard InChI is InChI=1S/C15H15ClN2O/c1-10(2)9-18(3)15(19)13-8-11-6-4-5-7-12(11)14(16)17-13/h4-8H,1,9H2,2-3H3. The van der Waals surface area contributed by atoms with Gasteiger partial charge in [0.1, 0.15) is 10.8 Å². The first kappa shape index (κ1) is 13.6. The van der Waals surface area contributed by atoms with Crippen LogP contribution in [0.2, 0.25) is 5.15 Å². The molecule has 0 fully saturated rings. The molecule has 0 radical (unpaired) electrons. The van der Waals surface area contributed by atoms with Crippen LogP contribution in [-0.4, -0.2) is 29.4 Å². The van der Waals surface area contributed by atoms with Crippen molar-refractivity contribution in [2.75, 3.05) is 13.6 Å². The number of fused-ring (bicyclic) bond motifs is 1.